The Morgan fingerprint density at radius 2 is 1.67 bits per heavy atom. The zero-order valence-corrected chi connectivity index (χ0v) is 14.9. The molecule has 0 aliphatic heterocycles. The first kappa shape index (κ1) is 18.0. The minimum absolute atomic E-state index is 0.105. The van der Waals surface area contributed by atoms with Crippen LogP contribution in [0.15, 0.2) is 53.4 Å². The summed E-state index contributed by atoms with van der Waals surface area (Å²) in [5.41, 5.74) is 0.970. The third-order valence-corrected chi connectivity index (χ3v) is 4.69. The van der Waals surface area contributed by atoms with E-state index < -0.39 is 16.1 Å². The molecule has 0 fully saturated rings. The van der Waals surface area contributed by atoms with Crippen LogP contribution in [0.5, 0.6) is 5.75 Å². The second-order valence-electron chi connectivity index (χ2n) is 6.33. The van der Waals surface area contributed by atoms with E-state index in [4.69, 9.17) is 4.18 Å². The molecule has 0 aliphatic carbocycles. The van der Waals surface area contributed by atoms with Gasteiger partial charge in [0.15, 0.2) is 0 Å². The van der Waals surface area contributed by atoms with E-state index >= 15 is 0 Å². The van der Waals surface area contributed by atoms with Crippen molar-refractivity contribution in [2.24, 2.45) is 0 Å². The van der Waals surface area contributed by atoms with Gasteiger partial charge >= 0.3 is 16.1 Å². The molecule has 2 rings (SSSR count). The van der Waals surface area contributed by atoms with Crippen molar-refractivity contribution in [1.29, 1.82) is 0 Å². The number of esters is 1. The van der Waals surface area contributed by atoms with Gasteiger partial charge in [-0.15, -0.1) is 0 Å². The van der Waals surface area contributed by atoms with E-state index in [1.54, 1.807) is 18.2 Å². The number of ether oxygens (including phenoxy) is 1. The maximum absolute atomic E-state index is 12.5. The second kappa shape index (κ2) is 6.65. The standard InChI is InChI=1S/C18H20O5S/c1-18(2,3)14-8-6-9-15(12-14)23-24(20,21)16-10-5-7-13(11-16)17(19)22-4/h5-12H,1-4H3. The smallest absolute Gasteiger partial charge is 0.339 e. The lowest BCUT2D eigenvalue weighted by molar-refractivity contribution is 0.0600. The van der Waals surface area contributed by atoms with Gasteiger partial charge in [0.25, 0.3) is 0 Å². The van der Waals surface area contributed by atoms with E-state index in [2.05, 4.69) is 4.74 Å². The average Bonchev–Trinajstić information content (AvgIpc) is 2.53. The molecule has 0 aromatic heterocycles. The van der Waals surface area contributed by atoms with Crippen LogP contribution < -0.4 is 4.18 Å². The van der Waals surface area contributed by atoms with Crippen molar-refractivity contribution >= 4 is 16.1 Å². The van der Waals surface area contributed by atoms with Crippen molar-refractivity contribution in [3.63, 3.8) is 0 Å². The lowest BCUT2D eigenvalue weighted by Crippen LogP contribution is -2.13. The molecule has 0 atom stereocenters. The predicted octanol–water partition coefficient (Wildman–Crippen LogP) is 3.54. The third kappa shape index (κ3) is 4.14. The number of carbonyl (C=O) groups excluding carboxylic acids is 1. The summed E-state index contributed by atoms with van der Waals surface area (Å²) in [5.74, 6) is -0.382. The molecule has 0 saturated carbocycles. The molecule has 6 heteroatoms. The Labute approximate surface area is 142 Å². The maximum Gasteiger partial charge on any atom is 0.339 e. The van der Waals surface area contributed by atoms with Gasteiger partial charge in [-0.2, -0.15) is 8.42 Å². The van der Waals surface area contributed by atoms with Gasteiger partial charge < -0.3 is 8.92 Å². The van der Waals surface area contributed by atoms with Crippen LogP contribution in [0.2, 0.25) is 0 Å². The second-order valence-corrected chi connectivity index (χ2v) is 7.88. The van der Waals surface area contributed by atoms with Crippen molar-refractivity contribution in [1.82, 2.24) is 0 Å². The molecule has 2 aromatic carbocycles. The lowest BCUT2D eigenvalue weighted by atomic mass is 9.87. The zero-order valence-electron chi connectivity index (χ0n) is 14.1. The first-order valence-electron chi connectivity index (χ1n) is 7.37. The molecule has 0 N–H and O–H groups in total. The summed E-state index contributed by atoms with van der Waals surface area (Å²) in [7, 11) is -2.81. The average molecular weight is 348 g/mol. The maximum atomic E-state index is 12.5. The van der Waals surface area contributed by atoms with E-state index in [0.717, 1.165) is 5.56 Å². The Kier molecular flexibility index (Phi) is 4.99. The summed E-state index contributed by atoms with van der Waals surface area (Å²) in [4.78, 5) is 11.4. The first-order chi connectivity index (χ1) is 11.1. The summed E-state index contributed by atoms with van der Waals surface area (Å²) in [6, 6.07) is 12.5. The Balaban J connectivity index is 2.34. The van der Waals surface area contributed by atoms with E-state index in [9.17, 15) is 13.2 Å². The van der Waals surface area contributed by atoms with Crippen molar-refractivity contribution in [2.75, 3.05) is 7.11 Å². The summed E-state index contributed by atoms with van der Waals surface area (Å²) in [6.07, 6.45) is 0. The van der Waals surface area contributed by atoms with Gasteiger partial charge in [-0.05, 0) is 41.3 Å². The van der Waals surface area contributed by atoms with E-state index in [1.807, 2.05) is 26.8 Å². The van der Waals surface area contributed by atoms with Gasteiger partial charge in [-0.3, -0.25) is 0 Å². The molecule has 128 valence electrons. The van der Waals surface area contributed by atoms with Crippen LogP contribution in [0.3, 0.4) is 0 Å². The van der Waals surface area contributed by atoms with Gasteiger partial charge in [-0.1, -0.05) is 39.0 Å². The topological polar surface area (TPSA) is 69.7 Å². The Hall–Kier alpha value is -2.34. The molecule has 0 radical (unpaired) electrons. The first-order valence-corrected chi connectivity index (χ1v) is 8.78. The Morgan fingerprint density at radius 1 is 1.00 bits per heavy atom. The van der Waals surface area contributed by atoms with Crippen LogP contribution in [0, 0.1) is 0 Å². The fourth-order valence-electron chi connectivity index (χ4n) is 2.09. The third-order valence-electron chi connectivity index (χ3n) is 3.45. The molecule has 0 heterocycles. The number of benzene rings is 2. The highest BCUT2D eigenvalue weighted by molar-refractivity contribution is 7.87. The fourth-order valence-corrected chi connectivity index (χ4v) is 3.06. The van der Waals surface area contributed by atoms with Crippen LogP contribution in [-0.2, 0) is 20.3 Å². The molecule has 0 amide bonds. The number of methoxy groups -OCH3 is 1. The highest BCUT2D eigenvalue weighted by Crippen LogP contribution is 2.27. The predicted molar refractivity (Wildman–Crippen MR) is 90.7 cm³/mol. The van der Waals surface area contributed by atoms with Crippen molar-refractivity contribution in [3.05, 3.63) is 59.7 Å². The monoisotopic (exact) mass is 348 g/mol. The molecule has 2 aromatic rings. The normalized spacial score (nSPS) is 11.8. The van der Waals surface area contributed by atoms with Crippen LogP contribution >= 0.6 is 0 Å². The number of rotatable bonds is 4. The van der Waals surface area contributed by atoms with Gasteiger partial charge in [0.2, 0.25) is 0 Å². The SMILES string of the molecule is COC(=O)c1cccc(S(=O)(=O)Oc2cccc(C(C)(C)C)c2)c1. The van der Waals surface area contributed by atoms with Crippen LogP contribution in [0.1, 0.15) is 36.7 Å². The molecule has 0 unspecified atom stereocenters. The van der Waals surface area contributed by atoms with Crippen molar-refractivity contribution in [3.8, 4) is 5.75 Å². The van der Waals surface area contributed by atoms with Crippen LogP contribution in [0.25, 0.3) is 0 Å². The molecule has 5 nitrogen and oxygen atoms in total. The zero-order chi connectivity index (χ0) is 18.0. The van der Waals surface area contributed by atoms with Gasteiger partial charge in [0.05, 0.1) is 12.7 Å². The van der Waals surface area contributed by atoms with E-state index in [1.165, 1.54) is 31.4 Å². The summed E-state index contributed by atoms with van der Waals surface area (Å²) in [6.45, 7) is 6.08. The summed E-state index contributed by atoms with van der Waals surface area (Å²) < 4.78 is 34.7. The summed E-state index contributed by atoms with van der Waals surface area (Å²) in [5, 5.41) is 0. The fraction of sp³-hybridized carbons (Fsp3) is 0.278. The van der Waals surface area contributed by atoms with Crippen LogP contribution in [0.4, 0.5) is 0 Å². The molecule has 24 heavy (non-hydrogen) atoms. The largest absolute Gasteiger partial charge is 0.465 e. The quantitative estimate of drug-likeness (QED) is 0.624. The Morgan fingerprint density at radius 3 is 2.29 bits per heavy atom. The van der Waals surface area contributed by atoms with E-state index in [0.29, 0.717) is 0 Å². The van der Waals surface area contributed by atoms with E-state index in [-0.39, 0.29) is 21.6 Å². The molecule has 0 spiro atoms. The summed E-state index contributed by atoms with van der Waals surface area (Å²) >= 11 is 0. The highest BCUT2D eigenvalue weighted by atomic mass is 32.2. The molecular weight excluding hydrogens is 328 g/mol. The molecule has 0 bridgehead atoms. The van der Waals surface area contributed by atoms with Crippen molar-refractivity contribution < 1.29 is 22.1 Å². The molecular formula is C18H20O5S. The van der Waals surface area contributed by atoms with Gasteiger partial charge in [0, 0.05) is 0 Å². The Bertz CT molecular complexity index is 848. The van der Waals surface area contributed by atoms with Crippen LogP contribution in [-0.4, -0.2) is 21.5 Å². The van der Waals surface area contributed by atoms with Gasteiger partial charge in [0.1, 0.15) is 10.6 Å². The van der Waals surface area contributed by atoms with Gasteiger partial charge in [-0.25, -0.2) is 4.79 Å². The van der Waals surface area contributed by atoms with Crippen molar-refractivity contribution in [2.45, 2.75) is 31.1 Å². The number of hydrogen-bond donors (Lipinski definition) is 0. The number of carbonyl (C=O) groups is 1. The highest BCUT2D eigenvalue weighted by Gasteiger charge is 2.20. The lowest BCUT2D eigenvalue weighted by Gasteiger charge is -2.19. The molecule has 0 aliphatic rings. The minimum atomic E-state index is -4.05. The number of hydrogen-bond acceptors (Lipinski definition) is 5. The minimum Gasteiger partial charge on any atom is -0.465 e. The molecule has 0 saturated heterocycles.